The molecule has 0 saturated carbocycles. The van der Waals surface area contributed by atoms with Gasteiger partial charge >= 0.3 is 6.03 Å². The third-order valence-electron chi connectivity index (χ3n) is 2.34. The monoisotopic (exact) mass is 265 g/mol. The normalized spacial score (nSPS) is 10.6. The molecule has 0 spiro atoms. The quantitative estimate of drug-likeness (QED) is 0.834. The Hall–Kier alpha value is -1.66. The first kappa shape index (κ1) is 12.8. The maximum absolute atomic E-state index is 11.5. The van der Waals surface area contributed by atoms with E-state index in [2.05, 4.69) is 15.6 Å². The van der Waals surface area contributed by atoms with Crippen LogP contribution < -0.4 is 10.6 Å². The predicted molar refractivity (Wildman–Crippen MR) is 73.3 cm³/mol. The second kappa shape index (κ2) is 5.79. The van der Waals surface area contributed by atoms with Crippen molar-refractivity contribution in [1.82, 2.24) is 10.3 Å². The SMILES string of the molecule is COCCNC(=O)Nc1ccc2sc(C)nc2c1. The van der Waals surface area contributed by atoms with Gasteiger partial charge in [-0.15, -0.1) is 11.3 Å². The highest BCUT2D eigenvalue weighted by Crippen LogP contribution is 2.24. The largest absolute Gasteiger partial charge is 0.383 e. The highest BCUT2D eigenvalue weighted by atomic mass is 32.1. The molecule has 0 atom stereocenters. The third kappa shape index (κ3) is 3.18. The number of carbonyl (C=O) groups excluding carboxylic acids is 1. The van der Waals surface area contributed by atoms with E-state index < -0.39 is 0 Å². The molecule has 0 unspecified atom stereocenters. The number of carbonyl (C=O) groups is 1. The van der Waals surface area contributed by atoms with E-state index in [0.29, 0.717) is 13.2 Å². The molecule has 0 bridgehead atoms. The van der Waals surface area contributed by atoms with E-state index in [-0.39, 0.29) is 6.03 Å². The number of anilines is 1. The summed E-state index contributed by atoms with van der Waals surface area (Å²) in [5.41, 5.74) is 1.65. The number of aromatic nitrogens is 1. The second-order valence-corrected chi connectivity index (χ2v) is 5.02. The summed E-state index contributed by atoms with van der Waals surface area (Å²) in [5, 5.41) is 6.47. The number of amides is 2. The molecule has 1 heterocycles. The number of methoxy groups -OCH3 is 1. The van der Waals surface area contributed by atoms with Crippen molar-refractivity contribution >= 4 is 33.3 Å². The molecule has 0 saturated heterocycles. The highest BCUT2D eigenvalue weighted by molar-refractivity contribution is 7.18. The minimum absolute atomic E-state index is 0.238. The molecule has 5 nitrogen and oxygen atoms in total. The Morgan fingerprint density at radius 1 is 1.50 bits per heavy atom. The minimum Gasteiger partial charge on any atom is -0.383 e. The molecule has 0 aliphatic rings. The van der Waals surface area contributed by atoms with Gasteiger partial charge in [0.2, 0.25) is 0 Å². The van der Waals surface area contributed by atoms with Gasteiger partial charge in [-0.05, 0) is 25.1 Å². The van der Waals surface area contributed by atoms with Crippen LogP contribution in [-0.4, -0.2) is 31.3 Å². The van der Waals surface area contributed by atoms with Gasteiger partial charge in [0.1, 0.15) is 0 Å². The number of aryl methyl sites for hydroxylation is 1. The Balaban J connectivity index is 2.00. The number of benzene rings is 1. The van der Waals surface area contributed by atoms with Crippen molar-refractivity contribution in [2.24, 2.45) is 0 Å². The van der Waals surface area contributed by atoms with Gasteiger partial charge in [-0.2, -0.15) is 0 Å². The zero-order chi connectivity index (χ0) is 13.0. The van der Waals surface area contributed by atoms with Gasteiger partial charge in [0.25, 0.3) is 0 Å². The summed E-state index contributed by atoms with van der Waals surface area (Å²) < 4.78 is 5.97. The molecule has 2 amide bonds. The number of hydrogen-bond donors (Lipinski definition) is 2. The average molecular weight is 265 g/mol. The fraction of sp³-hybridized carbons (Fsp3) is 0.333. The summed E-state index contributed by atoms with van der Waals surface area (Å²) in [5.74, 6) is 0. The van der Waals surface area contributed by atoms with Crippen molar-refractivity contribution in [3.05, 3.63) is 23.2 Å². The number of fused-ring (bicyclic) bond motifs is 1. The molecule has 2 rings (SSSR count). The third-order valence-corrected chi connectivity index (χ3v) is 3.30. The number of nitrogens with zero attached hydrogens (tertiary/aromatic N) is 1. The first-order valence-corrected chi connectivity index (χ1v) is 6.41. The Morgan fingerprint density at radius 2 is 2.33 bits per heavy atom. The molecule has 0 fully saturated rings. The van der Waals surface area contributed by atoms with Crippen molar-refractivity contribution in [2.75, 3.05) is 25.6 Å². The molecule has 2 aromatic rings. The van der Waals surface area contributed by atoms with Gasteiger partial charge in [-0.3, -0.25) is 0 Å². The smallest absolute Gasteiger partial charge is 0.319 e. The van der Waals surface area contributed by atoms with Crippen LogP contribution in [0.2, 0.25) is 0 Å². The van der Waals surface area contributed by atoms with Crippen molar-refractivity contribution in [2.45, 2.75) is 6.92 Å². The van der Waals surface area contributed by atoms with E-state index in [1.165, 1.54) is 0 Å². The van der Waals surface area contributed by atoms with Gasteiger partial charge in [0.15, 0.2) is 0 Å². The van der Waals surface area contributed by atoms with Gasteiger partial charge in [-0.25, -0.2) is 9.78 Å². The van der Waals surface area contributed by atoms with Gasteiger partial charge in [-0.1, -0.05) is 0 Å². The summed E-state index contributed by atoms with van der Waals surface area (Å²) in [6, 6.07) is 5.47. The van der Waals surface area contributed by atoms with Crippen LogP contribution >= 0.6 is 11.3 Å². The van der Waals surface area contributed by atoms with Crippen molar-refractivity contribution < 1.29 is 9.53 Å². The summed E-state index contributed by atoms with van der Waals surface area (Å²) in [4.78, 5) is 15.9. The van der Waals surface area contributed by atoms with Crippen LogP contribution in [-0.2, 0) is 4.74 Å². The molecule has 96 valence electrons. The summed E-state index contributed by atoms with van der Waals surface area (Å²) in [7, 11) is 1.60. The van der Waals surface area contributed by atoms with Crippen LogP contribution in [0.3, 0.4) is 0 Å². The lowest BCUT2D eigenvalue weighted by Gasteiger charge is -2.06. The summed E-state index contributed by atoms with van der Waals surface area (Å²) >= 11 is 1.64. The number of rotatable bonds is 4. The van der Waals surface area contributed by atoms with Crippen LogP contribution in [0.4, 0.5) is 10.5 Å². The fourth-order valence-electron chi connectivity index (χ4n) is 1.56. The molecule has 0 radical (unpaired) electrons. The van der Waals surface area contributed by atoms with E-state index in [0.717, 1.165) is 20.9 Å². The lowest BCUT2D eigenvalue weighted by molar-refractivity contribution is 0.198. The maximum Gasteiger partial charge on any atom is 0.319 e. The van der Waals surface area contributed by atoms with Crippen molar-refractivity contribution in [3.63, 3.8) is 0 Å². The molecule has 1 aromatic carbocycles. The Labute approximate surface area is 109 Å². The second-order valence-electron chi connectivity index (χ2n) is 3.79. The van der Waals surface area contributed by atoms with Crippen LogP contribution in [0.15, 0.2) is 18.2 Å². The zero-order valence-electron chi connectivity index (χ0n) is 10.3. The zero-order valence-corrected chi connectivity index (χ0v) is 11.1. The van der Waals surface area contributed by atoms with Crippen LogP contribution in [0.1, 0.15) is 5.01 Å². The van der Waals surface area contributed by atoms with Crippen LogP contribution in [0.5, 0.6) is 0 Å². The predicted octanol–water partition coefficient (Wildman–Crippen LogP) is 2.37. The molecule has 6 heteroatoms. The number of urea groups is 1. The number of ether oxygens (including phenoxy) is 1. The van der Waals surface area contributed by atoms with Crippen molar-refractivity contribution in [1.29, 1.82) is 0 Å². The van der Waals surface area contributed by atoms with E-state index >= 15 is 0 Å². The average Bonchev–Trinajstić information content (AvgIpc) is 2.69. The molecule has 0 aliphatic heterocycles. The first-order chi connectivity index (χ1) is 8.69. The summed E-state index contributed by atoms with van der Waals surface area (Å²) in [6.45, 7) is 2.95. The van der Waals surface area contributed by atoms with E-state index in [9.17, 15) is 4.79 Å². The van der Waals surface area contributed by atoms with E-state index in [4.69, 9.17) is 4.74 Å². The van der Waals surface area contributed by atoms with Crippen LogP contribution in [0, 0.1) is 6.92 Å². The molecule has 18 heavy (non-hydrogen) atoms. The van der Waals surface area contributed by atoms with Gasteiger partial charge in [0.05, 0.1) is 21.8 Å². The Kier molecular flexibility index (Phi) is 4.11. The fourth-order valence-corrected chi connectivity index (χ4v) is 2.37. The maximum atomic E-state index is 11.5. The molecule has 1 aromatic heterocycles. The standard InChI is InChI=1S/C12H15N3O2S/c1-8-14-10-7-9(3-4-11(10)18-8)15-12(16)13-5-6-17-2/h3-4,7H,5-6H2,1-2H3,(H2,13,15,16). The van der Waals surface area contributed by atoms with Crippen LogP contribution in [0.25, 0.3) is 10.2 Å². The Morgan fingerprint density at radius 3 is 3.11 bits per heavy atom. The van der Waals surface area contributed by atoms with Gasteiger partial charge < -0.3 is 15.4 Å². The molecular formula is C12H15N3O2S. The van der Waals surface area contributed by atoms with Gasteiger partial charge in [0, 0.05) is 19.3 Å². The first-order valence-electron chi connectivity index (χ1n) is 5.60. The van der Waals surface area contributed by atoms with E-state index in [1.54, 1.807) is 18.4 Å². The topological polar surface area (TPSA) is 63.2 Å². The lowest BCUT2D eigenvalue weighted by Crippen LogP contribution is -2.31. The summed E-state index contributed by atoms with van der Waals surface area (Å²) in [6.07, 6.45) is 0. The molecule has 0 aliphatic carbocycles. The van der Waals surface area contributed by atoms with Crippen molar-refractivity contribution in [3.8, 4) is 0 Å². The minimum atomic E-state index is -0.238. The highest BCUT2D eigenvalue weighted by Gasteiger charge is 2.04. The lowest BCUT2D eigenvalue weighted by atomic mass is 10.3. The number of thiazole rings is 1. The molecular weight excluding hydrogens is 250 g/mol. The molecule has 2 N–H and O–H groups in total. The Bertz CT molecular complexity index is 553. The number of nitrogens with one attached hydrogen (secondary N) is 2. The van der Waals surface area contributed by atoms with E-state index in [1.807, 2.05) is 25.1 Å². The number of hydrogen-bond acceptors (Lipinski definition) is 4.